The fourth-order valence-corrected chi connectivity index (χ4v) is 2.22. The lowest BCUT2D eigenvalue weighted by molar-refractivity contribution is -0.122. The first-order chi connectivity index (χ1) is 9.63. The molecule has 0 bridgehead atoms. The molecular formula is C16H14FNO2. The molecule has 1 heterocycles. The van der Waals surface area contributed by atoms with E-state index in [-0.39, 0.29) is 11.7 Å². The van der Waals surface area contributed by atoms with Gasteiger partial charge in [-0.15, -0.1) is 0 Å². The lowest BCUT2D eigenvalue weighted by Crippen LogP contribution is -2.31. The Morgan fingerprint density at radius 3 is 2.85 bits per heavy atom. The van der Waals surface area contributed by atoms with E-state index in [0.717, 1.165) is 11.3 Å². The number of rotatable bonds is 2. The summed E-state index contributed by atoms with van der Waals surface area (Å²) in [6.45, 7) is 1.68. The highest BCUT2D eigenvalue weighted by Gasteiger charge is 2.28. The van der Waals surface area contributed by atoms with Gasteiger partial charge in [-0.2, -0.15) is 0 Å². The molecule has 0 spiro atoms. The van der Waals surface area contributed by atoms with Crippen LogP contribution in [0.2, 0.25) is 0 Å². The summed E-state index contributed by atoms with van der Waals surface area (Å²) >= 11 is 0. The van der Waals surface area contributed by atoms with E-state index in [1.165, 1.54) is 6.07 Å². The third-order valence-electron chi connectivity index (χ3n) is 3.38. The van der Waals surface area contributed by atoms with Crippen molar-refractivity contribution in [2.75, 3.05) is 5.32 Å². The van der Waals surface area contributed by atoms with E-state index in [9.17, 15) is 9.18 Å². The predicted octanol–water partition coefficient (Wildman–Crippen LogP) is 3.08. The molecule has 0 unspecified atom stereocenters. The molecule has 0 radical (unpaired) electrons. The Balaban J connectivity index is 1.71. The second kappa shape index (κ2) is 4.96. The summed E-state index contributed by atoms with van der Waals surface area (Å²) in [6, 6.07) is 12.2. The molecule has 2 aromatic carbocycles. The number of nitrogens with one attached hydrogen (secondary N) is 1. The summed E-state index contributed by atoms with van der Waals surface area (Å²) in [5, 5.41) is 2.68. The third kappa shape index (κ3) is 2.37. The monoisotopic (exact) mass is 271 g/mol. The van der Waals surface area contributed by atoms with Crippen LogP contribution in [-0.4, -0.2) is 12.0 Å². The van der Waals surface area contributed by atoms with Gasteiger partial charge in [-0.25, -0.2) is 4.39 Å². The summed E-state index contributed by atoms with van der Waals surface area (Å²) in [5.74, 6) is 0.144. The maximum Gasteiger partial charge on any atom is 0.265 e. The summed E-state index contributed by atoms with van der Waals surface area (Å²) < 4.78 is 19.0. The molecular weight excluding hydrogens is 257 g/mol. The van der Waals surface area contributed by atoms with Crippen LogP contribution in [0, 0.1) is 12.7 Å². The van der Waals surface area contributed by atoms with Gasteiger partial charge in [-0.3, -0.25) is 4.79 Å². The summed E-state index contributed by atoms with van der Waals surface area (Å²) in [4.78, 5) is 12.1. The maximum absolute atomic E-state index is 13.4. The highest BCUT2D eigenvalue weighted by molar-refractivity contribution is 5.95. The second-order valence-corrected chi connectivity index (χ2v) is 4.87. The average Bonchev–Trinajstić information content (AvgIpc) is 2.87. The molecule has 0 aromatic heterocycles. The SMILES string of the molecule is Cc1ccc(NC(=O)[C@@H]2Cc3ccccc3O2)cc1F. The van der Waals surface area contributed by atoms with Gasteiger partial charge in [-0.1, -0.05) is 24.3 Å². The maximum atomic E-state index is 13.4. The standard InChI is InChI=1S/C16H14FNO2/c1-10-6-7-12(9-13(10)17)18-16(19)15-8-11-4-2-3-5-14(11)20-15/h2-7,9,15H,8H2,1H3,(H,18,19)/t15-/m0/s1. The topological polar surface area (TPSA) is 38.3 Å². The van der Waals surface area contributed by atoms with E-state index in [2.05, 4.69) is 5.32 Å². The average molecular weight is 271 g/mol. The van der Waals surface area contributed by atoms with Crippen LogP contribution in [0.5, 0.6) is 5.75 Å². The zero-order chi connectivity index (χ0) is 14.1. The van der Waals surface area contributed by atoms with Crippen LogP contribution in [0.3, 0.4) is 0 Å². The molecule has 3 rings (SSSR count). The van der Waals surface area contributed by atoms with Gasteiger partial charge in [0.15, 0.2) is 6.10 Å². The first-order valence-corrected chi connectivity index (χ1v) is 6.45. The smallest absolute Gasteiger partial charge is 0.265 e. The van der Waals surface area contributed by atoms with Gasteiger partial charge < -0.3 is 10.1 Å². The van der Waals surface area contributed by atoms with Crippen LogP contribution in [0.25, 0.3) is 0 Å². The highest BCUT2D eigenvalue weighted by Crippen LogP contribution is 2.28. The van der Waals surface area contributed by atoms with Gasteiger partial charge in [0.25, 0.3) is 5.91 Å². The molecule has 102 valence electrons. The Bertz CT molecular complexity index is 644. The Morgan fingerprint density at radius 2 is 2.10 bits per heavy atom. The number of ether oxygens (including phenoxy) is 1. The molecule has 3 nitrogen and oxygen atoms in total. The molecule has 20 heavy (non-hydrogen) atoms. The first kappa shape index (κ1) is 12.7. The molecule has 0 saturated heterocycles. The number of benzene rings is 2. The predicted molar refractivity (Wildman–Crippen MR) is 74.3 cm³/mol. The molecule has 1 N–H and O–H groups in total. The van der Waals surface area contributed by atoms with Gasteiger partial charge in [0.05, 0.1) is 0 Å². The molecule has 4 heteroatoms. The largest absolute Gasteiger partial charge is 0.480 e. The fourth-order valence-electron chi connectivity index (χ4n) is 2.22. The molecule has 1 aliphatic rings. The number of carbonyl (C=O) groups excluding carboxylic acids is 1. The Hall–Kier alpha value is -2.36. The molecule has 0 fully saturated rings. The number of aryl methyl sites for hydroxylation is 1. The van der Waals surface area contributed by atoms with Crippen LogP contribution in [0.1, 0.15) is 11.1 Å². The number of anilines is 1. The van der Waals surface area contributed by atoms with Crippen LogP contribution in [0.15, 0.2) is 42.5 Å². The molecule has 1 atom stereocenters. The van der Waals surface area contributed by atoms with Crippen molar-refractivity contribution in [1.29, 1.82) is 0 Å². The fraction of sp³-hybridized carbons (Fsp3) is 0.188. The van der Waals surface area contributed by atoms with Crippen LogP contribution in [0.4, 0.5) is 10.1 Å². The van der Waals surface area contributed by atoms with Crippen molar-refractivity contribution >= 4 is 11.6 Å². The van der Waals surface area contributed by atoms with Crippen molar-refractivity contribution in [2.24, 2.45) is 0 Å². The summed E-state index contributed by atoms with van der Waals surface area (Å²) in [6.07, 6.45) is -0.0205. The quantitative estimate of drug-likeness (QED) is 0.911. The number of carbonyl (C=O) groups is 1. The molecule has 1 amide bonds. The Morgan fingerprint density at radius 1 is 1.30 bits per heavy atom. The van der Waals surface area contributed by atoms with Gasteiger partial charge in [0, 0.05) is 12.1 Å². The lowest BCUT2D eigenvalue weighted by Gasteiger charge is -2.11. The Labute approximate surface area is 116 Å². The first-order valence-electron chi connectivity index (χ1n) is 6.45. The van der Waals surface area contributed by atoms with Crippen molar-refractivity contribution in [3.8, 4) is 5.75 Å². The Kier molecular flexibility index (Phi) is 3.14. The number of amides is 1. The van der Waals surface area contributed by atoms with Gasteiger partial charge in [-0.05, 0) is 36.2 Å². The van der Waals surface area contributed by atoms with Crippen LogP contribution < -0.4 is 10.1 Å². The van der Waals surface area contributed by atoms with Crippen molar-refractivity contribution in [2.45, 2.75) is 19.4 Å². The zero-order valence-electron chi connectivity index (χ0n) is 11.0. The van der Waals surface area contributed by atoms with E-state index >= 15 is 0 Å². The van der Waals surface area contributed by atoms with Crippen molar-refractivity contribution in [3.63, 3.8) is 0 Å². The second-order valence-electron chi connectivity index (χ2n) is 4.87. The van der Waals surface area contributed by atoms with E-state index in [0.29, 0.717) is 17.7 Å². The molecule has 1 aliphatic heterocycles. The number of fused-ring (bicyclic) bond motifs is 1. The van der Waals surface area contributed by atoms with Crippen molar-refractivity contribution in [3.05, 3.63) is 59.4 Å². The van der Waals surface area contributed by atoms with Gasteiger partial charge in [0.1, 0.15) is 11.6 Å². The van der Waals surface area contributed by atoms with Crippen LogP contribution >= 0.6 is 0 Å². The van der Waals surface area contributed by atoms with Gasteiger partial charge >= 0.3 is 0 Å². The van der Waals surface area contributed by atoms with E-state index in [1.807, 2.05) is 24.3 Å². The number of hydrogen-bond acceptors (Lipinski definition) is 2. The number of hydrogen-bond donors (Lipinski definition) is 1. The van der Waals surface area contributed by atoms with E-state index in [1.54, 1.807) is 19.1 Å². The van der Waals surface area contributed by atoms with Crippen LogP contribution in [-0.2, 0) is 11.2 Å². The molecule has 0 aliphatic carbocycles. The number of halogens is 1. The molecule has 2 aromatic rings. The minimum atomic E-state index is -0.559. The summed E-state index contributed by atoms with van der Waals surface area (Å²) in [7, 11) is 0. The zero-order valence-corrected chi connectivity index (χ0v) is 11.0. The molecule has 0 saturated carbocycles. The van der Waals surface area contributed by atoms with Gasteiger partial charge in [0.2, 0.25) is 0 Å². The minimum Gasteiger partial charge on any atom is -0.480 e. The van der Waals surface area contributed by atoms with Crippen molar-refractivity contribution in [1.82, 2.24) is 0 Å². The lowest BCUT2D eigenvalue weighted by atomic mass is 10.1. The van der Waals surface area contributed by atoms with E-state index < -0.39 is 6.10 Å². The normalized spacial score (nSPS) is 16.4. The number of para-hydroxylation sites is 1. The third-order valence-corrected chi connectivity index (χ3v) is 3.38. The highest BCUT2D eigenvalue weighted by atomic mass is 19.1. The van der Waals surface area contributed by atoms with Crippen molar-refractivity contribution < 1.29 is 13.9 Å². The summed E-state index contributed by atoms with van der Waals surface area (Å²) in [5.41, 5.74) is 2.01. The minimum absolute atomic E-state index is 0.260. The van der Waals surface area contributed by atoms with E-state index in [4.69, 9.17) is 4.74 Å².